The number of benzene rings is 3. The molecule has 1 aromatic heterocycles. The predicted octanol–water partition coefficient (Wildman–Crippen LogP) is 11.4. The number of carbonyl (C=O) groups is 2. The van der Waals surface area contributed by atoms with Gasteiger partial charge in [-0.1, -0.05) is 68.7 Å². The highest BCUT2D eigenvalue weighted by Crippen LogP contribution is 2.39. The first-order chi connectivity index (χ1) is 28.9. The van der Waals surface area contributed by atoms with Crippen LogP contribution in [0.1, 0.15) is 127 Å². The number of hydrazone groups is 1. The number of unbranched alkanes of at least 4 members (excludes halogenated alkanes) is 5. The Morgan fingerprint density at radius 1 is 0.898 bits per heavy atom. The van der Waals surface area contributed by atoms with Gasteiger partial charge in [-0.15, -0.1) is 0 Å². The molecular formula is C48H61N3O7S. The second-order valence-electron chi connectivity index (χ2n) is 16.0. The number of thiazole rings is 1. The number of esters is 2. The number of carbonyl (C=O) groups excluding carboxylic acids is 2. The smallest absolute Gasteiger partial charge is 0.330 e. The van der Waals surface area contributed by atoms with Gasteiger partial charge in [0.2, 0.25) is 5.13 Å². The lowest BCUT2D eigenvalue weighted by atomic mass is 9.77. The van der Waals surface area contributed by atoms with Gasteiger partial charge in [-0.25, -0.2) is 9.78 Å². The summed E-state index contributed by atoms with van der Waals surface area (Å²) in [5, 5.41) is 16.2. The van der Waals surface area contributed by atoms with E-state index in [4.69, 9.17) is 18.9 Å². The number of anilines is 1. The first kappa shape index (κ1) is 43.8. The average Bonchev–Trinajstić information content (AvgIpc) is 3.69. The lowest BCUT2D eigenvalue weighted by Gasteiger charge is -2.30. The van der Waals surface area contributed by atoms with Crippen molar-refractivity contribution in [3.05, 3.63) is 90.5 Å². The van der Waals surface area contributed by atoms with Crippen LogP contribution >= 0.6 is 11.3 Å². The van der Waals surface area contributed by atoms with Crippen LogP contribution in [0.3, 0.4) is 0 Å². The van der Waals surface area contributed by atoms with E-state index in [2.05, 4.69) is 41.1 Å². The van der Waals surface area contributed by atoms with Gasteiger partial charge in [0.1, 0.15) is 17.2 Å². The van der Waals surface area contributed by atoms with Crippen molar-refractivity contribution in [3.63, 3.8) is 0 Å². The zero-order chi connectivity index (χ0) is 41.2. The van der Waals surface area contributed by atoms with Crippen LogP contribution in [0.4, 0.5) is 5.13 Å². The van der Waals surface area contributed by atoms with E-state index >= 15 is 0 Å². The van der Waals surface area contributed by atoms with Gasteiger partial charge in [-0.2, -0.15) is 5.10 Å². The van der Waals surface area contributed by atoms with Gasteiger partial charge in [0, 0.05) is 17.6 Å². The number of ether oxygens (including phenoxy) is 4. The summed E-state index contributed by atoms with van der Waals surface area (Å²) in [6.07, 6.45) is 18.3. The number of aliphatic hydroxyl groups is 1. The Morgan fingerprint density at radius 2 is 1.64 bits per heavy atom. The van der Waals surface area contributed by atoms with Crippen LogP contribution in [0.2, 0.25) is 0 Å². The fourth-order valence-electron chi connectivity index (χ4n) is 8.22. The van der Waals surface area contributed by atoms with Gasteiger partial charge < -0.3 is 24.1 Å². The molecule has 1 atom stereocenters. The van der Waals surface area contributed by atoms with Crippen molar-refractivity contribution in [1.29, 1.82) is 0 Å². The van der Waals surface area contributed by atoms with Crippen LogP contribution in [-0.4, -0.2) is 47.7 Å². The standard InChI is InChI=1S/C48H61N3O7S/c1-3-5-8-13-34-16-18-35(19-17-34)38-24-29-43(39(32-38)33-49-51-48-50-42-14-9-10-15-44(42)59-48)58-47(54)37-22-20-36(21-23-37)46(53)57-41-27-25-40(26-28-41)55-30-11-6-7-12-31-56-45(52)4-2/h4,9-10,14-15,24-29,32-37,46,53H,2-3,5-8,11-13,16-23,30-31H2,1H3,(H,50,51)/b49-33+. The van der Waals surface area contributed by atoms with Crippen LogP contribution in [0.5, 0.6) is 17.2 Å². The fraction of sp³-hybridized carbons (Fsp3) is 0.500. The molecular weight excluding hydrogens is 763 g/mol. The maximum Gasteiger partial charge on any atom is 0.330 e. The van der Waals surface area contributed by atoms with E-state index in [0.717, 1.165) is 53.1 Å². The number of nitrogens with one attached hydrogen (secondary N) is 1. The number of rotatable bonds is 22. The van der Waals surface area contributed by atoms with Crippen molar-refractivity contribution in [2.24, 2.45) is 22.9 Å². The van der Waals surface area contributed by atoms with Crippen LogP contribution in [0.25, 0.3) is 10.2 Å². The average molecular weight is 824 g/mol. The van der Waals surface area contributed by atoms with E-state index in [1.807, 2.05) is 42.5 Å². The first-order valence-corrected chi connectivity index (χ1v) is 22.6. The number of aliphatic hydroxyl groups excluding tert-OH is 1. The largest absolute Gasteiger partial charge is 0.494 e. The zero-order valence-electron chi connectivity index (χ0n) is 34.5. The normalized spacial score (nSPS) is 19.9. The predicted molar refractivity (Wildman–Crippen MR) is 235 cm³/mol. The van der Waals surface area contributed by atoms with Crippen LogP contribution in [0.15, 0.2) is 84.5 Å². The molecule has 2 N–H and O–H groups in total. The summed E-state index contributed by atoms with van der Waals surface area (Å²) >= 11 is 1.54. The highest BCUT2D eigenvalue weighted by Gasteiger charge is 2.32. The second kappa shape index (κ2) is 23.2. The third kappa shape index (κ3) is 13.6. The third-order valence-electron chi connectivity index (χ3n) is 11.7. The molecule has 4 aromatic rings. The monoisotopic (exact) mass is 823 g/mol. The van der Waals surface area contributed by atoms with E-state index in [0.29, 0.717) is 61.4 Å². The Kier molecular flexibility index (Phi) is 17.2. The Morgan fingerprint density at radius 3 is 2.39 bits per heavy atom. The molecule has 0 radical (unpaired) electrons. The van der Waals surface area contributed by atoms with Crippen molar-refractivity contribution in [2.45, 2.75) is 122 Å². The number of para-hydroxylation sites is 1. The van der Waals surface area contributed by atoms with E-state index in [9.17, 15) is 14.7 Å². The highest BCUT2D eigenvalue weighted by atomic mass is 32.1. The molecule has 10 nitrogen and oxygen atoms in total. The SMILES string of the molecule is C=CC(=O)OCCCCCCOc1ccc(OC(O)C2CCC(C(=O)Oc3ccc(C4CCC(CCCCC)CC4)cc3/C=N/Nc3nc4ccccc4s3)CC2)cc1. The topological polar surface area (TPSA) is 129 Å². The fourth-order valence-corrected chi connectivity index (χ4v) is 9.04. The molecule has 3 aromatic carbocycles. The van der Waals surface area contributed by atoms with Crippen LogP contribution in [0, 0.1) is 17.8 Å². The lowest BCUT2D eigenvalue weighted by molar-refractivity contribution is -0.142. The minimum atomic E-state index is -0.978. The van der Waals surface area contributed by atoms with E-state index in [1.165, 1.54) is 63.0 Å². The number of aromatic nitrogens is 1. The molecule has 0 saturated heterocycles. The van der Waals surface area contributed by atoms with Gasteiger partial charge in [-0.05, 0) is 143 Å². The molecule has 0 amide bonds. The number of nitrogens with zero attached hydrogens (tertiary/aromatic N) is 2. The molecule has 2 fully saturated rings. The molecule has 11 heteroatoms. The Bertz CT molecular complexity index is 1910. The van der Waals surface area contributed by atoms with Gasteiger partial charge >= 0.3 is 11.9 Å². The van der Waals surface area contributed by atoms with E-state index in [1.54, 1.807) is 29.7 Å². The molecule has 1 unspecified atom stereocenters. The summed E-state index contributed by atoms with van der Waals surface area (Å²) < 4.78 is 24.0. The minimum Gasteiger partial charge on any atom is -0.494 e. The van der Waals surface area contributed by atoms with Crippen molar-refractivity contribution < 1.29 is 33.6 Å². The number of fused-ring (bicyclic) bond motifs is 1. The van der Waals surface area contributed by atoms with Gasteiger partial charge in [0.15, 0.2) is 6.29 Å². The van der Waals surface area contributed by atoms with Crippen molar-refractivity contribution in [3.8, 4) is 17.2 Å². The summed E-state index contributed by atoms with van der Waals surface area (Å²) in [7, 11) is 0. The maximum atomic E-state index is 13.6. The Labute approximate surface area is 353 Å². The summed E-state index contributed by atoms with van der Waals surface area (Å²) in [5.41, 5.74) is 6.05. The quantitative estimate of drug-likeness (QED) is 0.0151. The first-order valence-electron chi connectivity index (χ1n) is 21.8. The van der Waals surface area contributed by atoms with E-state index < -0.39 is 6.29 Å². The van der Waals surface area contributed by atoms with Crippen molar-refractivity contribution >= 4 is 44.8 Å². The molecule has 1 heterocycles. The van der Waals surface area contributed by atoms with Crippen LogP contribution in [-0.2, 0) is 14.3 Å². The summed E-state index contributed by atoms with van der Waals surface area (Å²) in [4.78, 5) is 29.3. The highest BCUT2D eigenvalue weighted by molar-refractivity contribution is 7.22. The molecule has 59 heavy (non-hydrogen) atoms. The van der Waals surface area contributed by atoms with Crippen molar-refractivity contribution in [1.82, 2.24) is 4.98 Å². The second-order valence-corrected chi connectivity index (χ2v) is 17.0. The van der Waals surface area contributed by atoms with Gasteiger partial charge in [-0.3, -0.25) is 10.2 Å². The molecule has 6 rings (SSSR count). The van der Waals surface area contributed by atoms with Crippen LogP contribution < -0.4 is 19.6 Å². The molecule has 2 saturated carbocycles. The molecule has 2 aliphatic rings. The number of hydrogen-bond acceptors (Lipinski definition) is 11. The molecule has 0 aliphatic heterocycles. The third-order valence-corrected chi connectivity index (χ3v) is 12.7. The summed E-state index contributed by atoms with van der Waals surface area (Å²) in [6, 6.07) is 21.5. The summed E-state index contributed by atoms with van der Waals surface area (Å²) in [6.45, 7) is 6.65. The molecule has 2 aliphatic carbocycles. The van der Waals surface area contributed by atoms with Crippen molar-refractivity contribution in [2.75, 3.05) is 18.6 Å². The minimum absolute atomic E-state index is 0.0902. The Hall–Kier alpha value is -4.74. The summed E-state index contributed by atoms with van der Waals surface area (Å²) in [5.74, 6) is 2.12. The van der Waals surface area contributed by atoms with Gasteiger partial charge in [0.05, 0.1) is 35.6 Å². The van der Waals surface area contributed by atoms with E-state index in [-0.39, 0.29) is 23.8 Å². The number of hydrogen-bond donors (Lipinski definition) is 2. The molecule has 0 spiro atoms. The molecule has 316 valence electrons. The lowest BCUT2D eigenvalue weighted by Crippen LogP contribution is -2.33. The Balaban J connectivity index is 0.976. The zero-order valence-corrected chi connectivity index (χ0v) is 35.3. The maximum absolute atomic E-state index is 13.6. The molecule has 0 bridgehead atoms. The van der Waals surface area contributed by atoms with Gasteiger partial charge in [0.25, 0.3) is 0 Å².